The van der Waals surface area contributed by atoms with Crippen molar-refractivity contribution in [2.75, 3.05) is 32.9 Å². The highest BCUT2D eigenvalue weighted by molar-refractivity contribution is 5.97. The smallest absolute Gasteiger partial charge is 0.274 e. The predicted octanol–water partition coefficient (Wildman–Crippen LogP) is 0.651. The molecule has 0 bridgehead atoms. The lowest BCUT2D eigenvalue weighted by atomic mass is 10.0. The molecule has 1 aliphatic heterocycles. The third-order valence-corrected chi connectivity index (χ3v) is 3.85. The highest BCUT2D eigenvalue weighted by Crippen LogP contribution is 2.19. The first kappa shape index (κ1) is 13.9. The first-order valence-corrected chi connectivity index (χ1v) is 6.81. The summed E-state index contributed by atoms with van der Waals surface area (Å²) in [5.74, 6) is 0.00839. The molecular weight excluding hydrogens is 242 g/mol. The van der Waals surface area contributed by atoms with Crippen molar-refractivity contribution < 1.29 is 4.79 Å². The fraction of sp³-hybridized carbons (Fsp3) is 0.692. The Kier molecular flexibility index (Phi) is 4.09. The van der Waals surface area contributed by atoms with Crippen LogP contribution in [-0.2, 0) is 6.54 Å². The van der Waals surface area contributed by atoms with E-state index in [9.17, 15) is 4.79 Å². The van der Waals surface area contributed by atoms with E-state index in [-0.39, 0.29) is 5.91 Å². The number of aromatic nitrogens is 2. The van der Waals surface area contributed by atoms with E-state index in [4.69, 9.17) is 5.73 Å². The van der Waals surface area contributed by atoms with E-state index in [1.165, 1.54) is 0 Å². The zero-order valence-electron chi connectivity index (χ0n) is 12.0. The molecule has 1 saturated heterocycles. The number of carbonyl (C=O) groups is 1. The highest BCUT2D eigenvalue weighted by Gasteiger charge is 2.27. The predicted molar refractivity (Wildman–Crippen MR) is 74.9 cm³/mol. The van der Waals surface area contributed by atoms with Gasteiger partial charge < -0.3 is 15.5 Å². The SMILES string of the molecule is CCn1ncc(N)c1C(=O)N1CCC(N(C)C)CC1. The van der Waals surface area contributed by atoms with Gasteiger partial charge in [-0.2, -0.15) is 5.10 Å². The van der Waals surface area contributed by atoms with Crippen molar-refractivity contribution in [1.29, 1.82) is 0 Å². The van der Waals surface area contributed by atoms with Gasteiger partial charge in [-0.3, -0.25) is 9.48 Å². The van der Waals surface area contributed by atoms with Gasteiger partial charge in [-0.25, -0.2) is 0 Å². The summed E-state index contributed by atoms with van der Waals surface area (Å²) in [5.41, 5.74) is 6.87. The molecule has 0 atom stereocenters. The van der Waals surface area contributed by atoms with Crippen LogP contribution >= 0.6 is 0 Å². The zero-order chi connectivity index (χ0) is 14.0. The van der Waals surface area contributed by atoms with Crippen LogP contribution in [0.3, 0.4) is 0 Å². The minimum absolute atomic E-state index is 0.00839. The molecule has 19 heavy (non-hydrogen) atoms. The third-order valence-electron chi connectivity index (χ3n) is 3.85. The molecule has 1 fully saturated rings. The van der Waals surface area contributed by atoms with E-state index in [2.05, 4.69) is 24.1 Å². The molecule has 0 aromatic carbocycles. The summed E-state index contributed by atoms with van der Waals surface area (Å²) in [6.45, 7) is 4.19. The summed E-state index contributed by atoms with van der Waals surface area (Å²) in [6.07, 6.45) is 3.58. The van der Waals surface area contributed by atoms with Crippen LogP contribution in [0.2, 0.25) is 0 Å². The average Bonchev–Trinajstić information content (AvgIpc) is 2.79. The minimum Gasteiger partial charge on any atom is -0.396 e. The van der Waals surface area contributed by atoms with E-state index in [1.54, 1.807) is 10.9 Å². The van der Waals surface area contributed by atoms with Crippen molar-refractivity contribution in [3.05, 3.63) is 11.9 Å². The number of hydrogen-bond acceptors (Lipinski definition) is 4. The van der Waals surface area contributed by atoms with Gasteiger partial charge in [0.15, 0.2) is 0 Å². The lowest BCUT2D eigenvalue weighted by molar-refractivity contribution is 0.0652. The number of nitrogen functional groups attached to an aromatic ring is 1. The number of likely N-dealkylation sites (tertiary alicyclic amines) is 1. The van der Waals surface area contributed by atoms with E-state index < -0.39 is 0 Å². The Morgan fingerprint density at radius 1 is 1.47 bits per heavy atom. The van der Waals surface area contributed by atoms with Crippen molar-refractivity contribution in [2.24, 2.45) is 0 Å². The number of aryl methyl sites for hydroxylation is 1. The minimum atomic E-state index is 0.00839. The molecule has 0 saturated carbocycles. The van der Waals surface area contributed by atoms with Crippen molar-refractivity contribution >= 4 is 11.6 Å². The molecule has 0 unspecified atom stereocenters. The highest BCUT2D eigenvalue weighted by atomic mass is 16.2. The van der Waals surface area contributed by atoms with Gasteiger partial charge in [0.1, 0.15) is 5.69 Å². The molecule has 0 spiro atoms. The van der Waals surface area contributed by atoms with Gasteiger partial charge in [0.05, 0.1) is 11.9 Å². The van der Waals surface area contributed by atoms with Crippen molar-refractivity contribution in [1.82, 2.24) is 19.6 Å². The number of anilines is 1. The normalized spacial score (nSPS) is 17.2. The molecule has 1 aromatic heterocycles. The van der Waals surface area contributed by atoms with Crippen LogP contribution in [0.1, 0.15) is 30.3 Å². The Balaban J connectivity index is 2.07. The van der Waals surface area contributed by atoms with Gasteiger partial charge in [0, 0.05) is 25.7 Å². The molecule has 1 amide bonds. The van der Waals surface area contributed by atoms with Crippen LogP contribution in [0.25, 0.3) is 0 Å². The second kappa shape index (κ2) is 5.61. The molecular formula is C13H23N5O. The van der Waals surface area contributed by atoms with E-state index >= 15 is 0 Å². The molecule has 0 radical (unpaired) electrons. The van der Waals surface area contributed by atoms with Crippen molar-refractivity contribution in [3.63, 3.8) is 0 Å². The zero-order valence-corrected chi connectivity index (χ0v) is 12.0. The molecule has 2 heterocycles. The number of nitrogens with two attached hydrogens (primary N) is 1. The van der Waals surface area contributed by atoms with Crippen LogP contribution in [0.4, 0.5) is 5.69 Å². The molecule has 2 rings (SSSR count). The van der Waals surface area contributed by atoms with Crippen LogP contribution in [-0.4, -0.2) is 58.7 Å². The summed E-state index contributed by atoms with van der Waals surface area (Å²) < 4.78 is 1.68. The first-order valence-electron chi connectivity index (χ1n) is 6.81. The van der Waals surface area contributed by atoms with Gasteiger partial charge in [0.25, 0.3) is 5.91 Å². The van der Waals surface area contributed by atoms with E-state index in [0.29, 0.717) is 24.0 Å². The number of carbonyl (C=O) groups excluding carboxylic acids is 1. The van der Waals surface area contributed by atoms with Gasteiger partial charge in [-0.05, 0) is 33.9 Å². The van der Waals surface area contributed by atoms with Gasteiger partial charge in [0.2, 0.25) is 0 Å². The Morgan fingerprint density at radius 2 is 2.11 bits per heavy atom. The van der Waals surface area contributed by atoms with Gasteiger partial charge in [-0.15, -0.1) is 0 Å². The fourth-order valence-electron chi connectivity index (χ4n) is 2.61. The summed E-state index contributed by atoms with van der Waals surface area (Å²) in [5, 5.41) is 4.13. The van der Waals surface area contributed by atoms with Crippen LogP contribution in [0, 0.1) is 0 Å². The molecule has 106 valence electrons. The summed E-state index contributed by atoms with van der Waals surface area (Å²) in [7, 11) is 4.18. The molecule has 1 aromatic rings. The van der Waals surface area contributed by atoms with Crippen molar-refractivity contribution in [2.45, 2.75) is 32.4 Å². The maximum absolute atomic E-state index is 12.5. The van der Waals surface area contributed by atoms with Crippen LogP contribution in [0.15, 0.2) is 6.20 Å². The van der Waals surface area contributed by atoms with E-state index in [1.807, 2.05) is 11.8 Å². The number of nitrogens with zero attached hydrogens (tertiary/aromatic N) is 4. The molecule has 6 heteroatoms. The van der Waals surface area contributed by atoms with Crippen LogP contribution in [0.5, 0.6) is 0 Å². The maximum atomic E-state index is 12.5. The summed E-state index contributed by atoms with van der Waals surface area (Å²) in [4.78, 5) is 16.6. The molecule has 0 aliphatic carbocycles. The second-order valence-corrected chi connectivity index (χ2v) is 5.25. The van der Waals surface area contributed by atoms with Crippen LogP contribution < -0.4 is 5.73 Å². The lowest BCUT2D eigenvalue weighted by Crippen LogP contribution is -2.45. The Morgan fingerprint density at radius 3 is 2.63 bits per heavy atom. The lowest BCUT2D eigenvalue weighted by Gasteiger charge is -2.35. The number of amides is 1. The summed E-state index contributed by atoms with van der Waals surface area (Å²) in [6, 6.07) is 0.567. The largest absolute Gasteiger partial charge is 0.396 e. The number of hydrogen-bond donors (Lipinski definition) is 1. The van der Waals surface area contributed by atoms with Gasteiger partial charge >= 0.3 is 0 Å². The number of piperidine rings is 1. The molecule has 2 N–H and O–H groups in total. The average molecular weight is 265 g/mol. The fourth-order valence-corrected chi connectivity index (χ4v) is 2.61. The maximum Gasteiger partial charge on any atom is 0.274 e. The monoisotopic (exact) mass is 265 g/mol. The Bertz CT molecular complexity index is 446. The Hall–Kier alpha value is -1.56. The van der Waals surface area contributed by atoms with E-state index in [0.717, 1.165) is 25.9 Å². The van der Waals surface area contributed by atoms with Gasteiger partial charge in [-0.1, -0.05) is 0 Å². The Labute approximate surface area is 114 Å². The standard InChI is InChI=1S/C13H23N5O/c1-4-18-12(11(14)9-15-18)13(19)17-7-5-10(6-8-17)16(2)3/h9-10H,4-8,14H2,1-3H3. The molecule has 6 nitrogen and oxygen atoms in total. The summed E-state index contributed by atoms with van der Waals surface area (Å²) >= 11 is 0. The van der Waals surface area contributed by atoms with Crippen molar-refractivity contribution in [3.8, 4) is 0 Å². The quantitative estimate of drug-likeness (QED) is 0.871. The number of rotatable bonds is 3. The topological polar surface area (TPSA) is 67.4 Å². The molecule has 1 aliphatic rings. The second-order valence-electron chi connectivity index (χ2n) is 5.25. The third kappa shape index (κ3) is 2.73. The first-order chi connectivity index (χ1) is 9.04.